The molecule has 0 aromatic carbocycles. The molecule has 35 heavy (non-hydrogen) atoms. The van der Waals surface area contributed by atoms with Crippen LogP contribution in [-0.2, 0) is 13.0 Å². The topological polar surface area (TPSA) is 59.7 Å². The number of rotatable bonds is 9. The number of hydrogen-bond donors (Lipinski definition) is 0. The zero-order chi connectivity index (χ0) is 24.4. The number of nitrogens with zero attached hydrogens (tertiary/aromatic N) is 4. The van der Waals surface area contributed by atoms with E-state index in [2.05, 4.69) is 14.9 Å². The molecule has 0 N–H and O–H groups in total. The average molecular weight is 503 g/mol. The van der Waals surface area contributed by atoms with E-state index >= 15 is 0 Å². The lowest BCUT2D eigenvalue weighted by Crippen LogP contribution is -2.32. The highest BCUT2D eigenvalue weighted by atomic mass is 32.1. The number of alkyl halides is 2. The number of ether oxygens (including phenoxy) is 1. The molecule has 0 atom stereocenters. The number of fused-ring (bicyclic) bond motifs is 2. The molecular formula is C26H32F2N4O2S. The largest absolute Gasteiger partial charge is 0.464 e. The van der Waals surface area contributed by atoms with E-state index in [1.54, 1.807) is 12.4 Å². The molecule has 3 aromatic heterocycles. The van der Waals surface area contributed by atoms with Crippen LogP contribution >= 0.6 is 11.3 Å². The Bertz CT molecular complexity index is 1160. The van der Waals surface area contributed by atoms with Gasteiger partial charge in [-0.3, -0.25) is 14.7 Å². The smallest absolute Gasteiger partial charge is 0.278 e. The van der Waals surface area contributed by atoms with Crippen LogP contribution in [0.2, 0.25) is 0 Å². The number of halogens is 2. The Morgan fingerprint density at radius 3 is 2.83 bits per heavy atom. The van der Waals surface area contributed by atoms with Gasteiger partial charge in [0.15, 0.2) is 12.4 Å². The SMILES string of the molecule is CC(F)(F)COc1nc2c(s1)CCN(CCC1CCC(CC(=O)c3ccc4cnccn34)CC1)C2. The van der Waals surface area contributed by atoms with Crippen molar-refractivity contribution in [2.75, 3.05) is 19.7 Å². The number of Topliss-reactive ketones (excluding diaryl/α,β-unsaturated/α-hetero) is 1. The van der Waals surface area contributed by atoms with Crippen LogP contribution in [0.25, 0.3) is 5.52 Å². The quantitative estimate of drug-likeness (QED) is 0.354. The first-order valence-corrected chi connectivity index (χ1v) is 13.3. The van der Waals surface area contributed by atoms with Crippen molar-refractivity contribution in [2.24, 2.45) is 11.8 Å². The lowest BCUT2D eigenvalue weighted by molar-refractivity contribution is -0.0230. The number of carbonyl (C=O) groups is 1. The van der Waals surface area contributed by atoms with Gasteiger partial charge >= 0.3 is 0 Å². The van der Waals surface area contributed by atoms with Crippen molar-refractivity contribution in [2.45, 2.75) is 64.3 Å². The summed E-state index contributed by atoms with van der Waals surface area (Å²) in [6, 6.07) is 3.86. The van der Waals surface area contributed by atoms with E-state index in [1.807, 2.05) is 22.7 Å². The van der Waals surface area contributed by atoms with Crippen LogP contribution in [-0.4, -0.2) is 50.7 Å². The fourth-order valence-corrected chi connectivity index (χ4v) is 6.22. The molecule has 1 aliphatic carbocycles. The lowest BCUT2D eigenvalue weighted by Gasteiger charge is -2.31. The summed E-state index contributed by atoms with van der Waals surface area (Å²) in [4.78, 5) is 25.1. The second-order valence-corrected chi connectivity index (χ2v) is 11.2. The molecule has 9 heteroatoms. The number of aromatic nitrogens is 3. The first-order valence-electron chi connectivity index (χ1n) is 12.5. The van der Waals surface area contributed by atoms with E-state index in [-0.39, 0.29) is 5.78 Å². The van der Waals surface area contributed by atoms with Crippen molar-refractivity contribution in [3.05, 3.63) is 47.0 Å². The van der Waals surface area contributed by atoms with Crippen LogP contribution < -0.4 is 4.74 Å². The van der Waals surface area contributed by atoms with Crippen LogP contribution in [0.3, 0.4) is 0 Å². The van der Waals surface area contributed by atoms with Gasteiger partial charge in [-0.1, -0.05) is 24.2 Å². The van der Waals surface area contributed by atoms with Gasteiger partial charge in [0.2, 0.25) is 0 Å². The molecule has 188 valence electrons. The van der Waals surface area contributed by atoms with Gasteiger partial charge in [-0.15, -0.1) is 0 Å². The number of hydrogen-bond acceptors (Lipinski definition) is 6. The molecule has 0 bridgehead atoms. The second kappa shape index (κ2) is 10.3. The van der Waals surface area contributed by atoms with E-state index in [1.165, 1.54) is 24.2 Å². The molecule has 5 rings (SSSR count). The predicted molar refractivity (Wildman–Crippen MR) is 131 cm³/mol. The Morgan fingerprint density at radius 2 is 2.03 bits per heavy atom. The Hall–Kier alpha value is -2.39. The Morgan fingerprint density at radius 1 is 1.23 bits per heavy atom. The summed E-state index contributed by atoms with van der Waals surface area (Å²) in [5.74, 6) is -1.46. The summed E-state index contributed by atoms with van der Waals surface area (Å²) in [5, 5.41) is 0.357. The van der Waals surface area contributed by atoms with Crippen molar-refractivity contribution >= 4 is 22.6 Å². The Kier molecular flexibility index (Phi) is 7.16. The average Bonchev–Trinajstić information content (AvgIpc) is 3.45. The summed E-state index contributed by atoms with van der Waals surface area (Å²) < 4.78 is 33.3. The molecule has 1 fully saturated rings. The minimum absolute atomic E-state index is 0.220. The van der Waals surface area contributed by atoms with E-state index < -0.39 is 12.5 Å². The third kappa shape index (κ3) is 6.06. The van der Waals surface area contributed by atoms with Crippen molar-refractivity contribution in [3.63, 3.8) is 0 Å². The molecule has 0 unspecified atom stereocenters. The van der Waals surface area contributed by atoms with Crippen molar-refractivity contribution in [3.8, 4) is 5.19 Å². The summed E-state index contributed by atoms with van der Waals surface area (Å²) in [6.45, 7) is 3.00. The highest BCUT2D eigenvalue weighted by Crippen LogP contribution is 2.35. The summed E-state index contributed by atoms with van der Waals surface area (Å²) in [7, 11) is 0. The van der Waals surface area contributed by atoms with Gasteiger partial charge in [-0.2, -0.15) is 0 Å². The fraction of sp³-hybridized carbons (Fsp3) is 0.577. The van der Waals surface area contributed by atoms with Crippen LogP contribution in [0.15, 0.2) is 30.7 Å². The van der Waals surface area contributed by atoms with Crippen LogP contribution in [0.5, 0.6) is 5.19 Å². The molecule has 3 aromatic rings. The predicted octanol–water partition coefficient (Wildman–Crippen LogP) is 5.65. The van der Waals surface area contributed by atoms with Gasteiger partial charge in [-0.05, 0) is 56.2 Å². The molecule has 6 nitrogen and oxygen atoms in total. The third-order valence-electron chi connectivity index (χ3n) is 7.27. The number of ketones is 1. The number of thiazole rings is 1. The van der Waals surface area contributed by atoms with Gasteiger partial charge in [-0.25, -0.2) is 13.8 Å². The molecule has 1 saturated carbocycles. The highest BCUT2D eigenvalue weighted by molar-refractivity contribution is 7.13. The van der Waals surface area contributed by atoms with Gasteiger partial charge in [0.25, 0.3) is 11.1 Å². The van der Waals surface area contributed by atoms with Crippen molar-refractivity contribution in [1.29, 1.82) is 0 Å². The van der Waals surface area contributed by atoms with E-state index in [9.17, 15) is 13.6 Å². The standard InChI is InChI=1S/C26H32F2N4O2S/c1-26(27,28)17-34-25-30-21-16-31(12-9-24(21)35-25)11-8-18-2-4-19(5-3-18)14-23(33)22-7-6-20-15-29-10-13-32(20)22/h6-7,10,13,15,18-19H,2-5,8-9,11-12,14,16-17H2,1H3. The van der Waals surface area contributed by atoms with Gasteiger partial charge in [0.1, 0.15) is 0 Å². The van der Waals surface area contributed by atoms with Crippen LogP contribution in [0, 0.1) is 11.8 Å². The van der Waals surface area contributed by atoms with Gasteiger partial charge in [0, 0.05) is 43.7 Å². The maximum atomic E-state index is 13.1. The number of carbonyl (C=O) groups excluding carboxylic acids is 1. The summed E-state index contributed by atoms with van der Waals surface area (Å²) in [6.07, 6.45) is 12.6. The van der Waals surface area contributed by atoms with Crippen LogP contribution in [0.4, 0.5) is 8.78 Å². The fourth-order valence-electron chi connectivity index (χ4n) is 5.31. The molecular weight excluding hydrogens is 470 g/mol. The molecule has 0 spiro atoms. The second-order valence-electron chi connectivity index (χ2n) is 10.1. The molecule has 1 aliphatic heterocycles. The zero-order valence-electron chi connectivity index (χ0n) is 20.1. The Balaban J connectivity index is 1.05. The first kappa shape index (κ1) is 24.3. The summed E-state index contributed by atoms with van der Waals surface area (Å²) in [5.41, 5.74) is 2.69. The van der Waals surface area contributed by atoms with Crippen molar-refractivity contribution < 1.29 is 18.3 Å². The Labute approximate surface area is 208 Å². The van der Waals surface area contributed by atoms with E-state index in [0.29, 0.717) is 23.5 Å². The first-order chi connectivity index (χ1) is 16.8. The molecule has 0 amide bonds. The maximum Gasteiger partial charge on any atom is 0.278 e. The third-order valence-corrected chi connectivity index (χ3v) is 8.34. The van der Waals surface area contributed by atoms with Gasteiger partial charge in [0.05, 0.1) is 23.1 Å². The summed E-state index contributed by atoms with van der Waals surface area (Å²) >= 11 is 1.40. The minimum atomic E-state index is -2.85. The monoisotopic (exact) mass is 502 g/mol. The molecule has 0 radical (unpaired) electrons. The van der Waals surface area contributed by atoms with Gasteiger partial charge < -0.3 is 9.14 Å². The van der Waals surface area contributed by atoms with E-state index in [4.69, 9.17) is 4.74 Å². The lowest BCUT2D eigenvalue weighted by atomic mass is 9.78. The van der Waals surface area contributed by atoms with Crippen molar-refractivity contribution in [1.82, 2.24) is 19.3 Å². The van der Waals surface area contributed by atoms with Crippen LogP contribution in [0.1, 0.15) is 66.5 Å². The highest BCUT2D eigenvalue weighted by Gasteiger charge is 2.27. The molecule has 4 heterocycles. The maximum absolute atomic E-state index is 13.1. The zero-order valence-corrected chi connectivity index (χ0v) is 20.9. The minimum Gasteiger partial charge on any atom is -0.464 e. The molecule has 2 aliphatic rings. The normalized spacial score (nSPS) is 21.2. The molecule has 0 saturated heterocycles. The van der Waals surface area contributed by atoms with E-state index in [0.717, 1.165) is 74.0 Å².